The highest BCUT2D eigenvalue weighted by atomic mass is 35.5. The Balaban J connectivity index is 0.00000180. The van der Waals surface area contributed by atoms with E-state index in [4.69, 9.17) is 0 Å². The van der Waals surface area contributed by atoms with Crippen LogP contribution in [0.4, 0.5) is 0 Å². The van der Waals surface area contributed by atoms with E-state index >= 15 is 0 Å². The highest BCUT2D eigenvalue weighted by Gasteiger charge is 2.23. The summed E-state index contributed by atoms with van der Waals surface area (Å²) in [6, 6.07) is 8.39. The zero-order valence-electron chi connectivity index (χ0n) is 11.7. The van der Waals surface area contributed by atoms with Crippen LogP contribution < -0.4 is 5.32 Å². The minimum Gasteiger partial charge on any atom is -0.341 e. The van der Waals surface area contributed by atoms with E-state index in [9.17, 15) is 4.79 Å². The summed E-state index contributed by atoms with van der Waals surface area (Å²) in [5.41, 5.74) is 2.46. The van der Waals surface area contributed by atoms with E-state index in [1.54, 1.807) is 0 Å². The smallest absolute Gasteiger partial charge is 0.225 e. The molecule has 0 aliphatic carbocycles. The summed E-state index contributed by atoms with van der Waals surface area (Å²) in [5, 5.41) is 3.29. The number of carbonyl (C=O) groups is 1. The lowest BCUT2D eigenvalue weighted by Gasteiger charge is -2.27. The van der Waals surface area contributed by atoms with Crippen molar-refractivity contribution in [2.45, 2.75) is 26.3 Å². The van der Waals surface area contributed by atoms with E-state index in [-0.39, 0.29) is 24.2 Å². The number of nitrogens with one attached hydrogen (secondary N) is 1. The van der Waals surface area contributed by atoms with Gasteiger partial charge in [0.15, 0.2) is 0 Å². The molecule has 1 amide bonds. The molecule has 1 N–H and O–H groups in total. The molecule has 1 fully saturated rings. The van der Waals surface area contributed by atoms with Crippen molar-refractivity contribution < 1.29 is 4.79 Å². The maximum Gasteiger partial charge on any atom is 0.225 e. The second-order valence-corrected chi connectivity index (χ2v) is 5.20. The number of hydrogen-bond acceptors (Lipinski definition) is 2. The van der Waals surface area contributed by atoms with Crippen LogP contribution in [0.5, 0.6) is 0 Å². The van der Waals surface area contributed by atoms with Gasteiger partial charge in [-0.05, 0) is 38.4 Å². The first-order chi connectivity index (χ1) is 8.66. The van der Waals surface area contributed by atoms with E-state index in [2.05, 4.69) is 36.5 Å². The molecule has 1 heterocycles. The molecule has 0 spiro atoms. The standard InChI is InChI=1S/C15H22N2O.ClH/c1-12-3-5-13(6-4-12)11-17(2)15(18)14-7-9-16-10-8-14;/h3-6,14,16H,7-11H2,1-2H3;1H. The van der Waals surface area contributed by atoms with Gasteiger partial charge in [0, 0.05) is 19.5 Å². The SMILES string of the molecule is Cc1ccc(CN(C)C(=O)C2CCNCC2)cc1.Cl. The van der Waals surface area contributed by atoms with Crippen LogP contribution in [0, 0.1) is 12.8 Å². The van der Waals surface area contributed by atoms with Crippen molar-refractivity contribution in [3.05, 3.63) is 35.4 Å². The van der Waals surface area contributed by atoms with Crippen LogP contribution in [0.2, 0.25) is 0 Å². The number of carbonyl (C=O) groups excluding carboxylic acids is 1. The van der Waals surface area contributed by atoms with Crippen LogP contribution >= 0.6 is 12.4 Å². The van der Waals surface area contributed by atoms with Gasteiger partial charge in [0.1, 0.15) is 0 Å². The molecule has 0 bridgehead atoms. The largest absolute Gasteiger partial charge is 0.341 e. The van der Waals surface area contributed by atoms with Gasteiger partial charge in [0.2, 0.25) is 5.91 Å². The fraction of sp³-hybridized carbons (Fsp3) is 0.533. The number of halogens is 1. The van der Waals surface area contributed by atoms with Crippen LogP contribution in [-0.2, 0) is 11.3 Å². The molecule has 3 nitrogen and oxygen atoms in total. The van der Waals surface area contributed by atoms with E-state index in [0.29, 0.717) is 6.54 Å². The fourth-order valence-electron chi connectivity index (χ4n) is 2.43. The van der Waals surface area contributed by atoms with Gasteiger partial charge in [-0.15, -0.1) is 12.4 Å². The zero-order valence-corrected chi connectivity index (χ0v) is 12.5. The predicted molar refractivity (Wildman–Crippen MR) is 80.5 cm³/mol. The molecule has 0 unspecified atom stereocenters. The van der Waals surface area contributed by atoms with Gasteiger partial charge >= 0.3 is 0 Å². The van der Waals surface area contributed by atoms with Crippen molar-refractivity contribution >= 4 is 18.3 Å². The normalized spacial score (nSPS) is 15.7. The third kappa shape index (κ3) is 4.51. The van der Waals surface area contributed by atoms with Gasteiger partial charge in [-0.3, -0.25) is 4.79 Å². The highest BCUT2D eigenvalue weighted by molar-refractivity contribution is 5.85. The summed E-state index contributed by atoms with van der Waals surface area (Å²) in [7, 11) is 1.91. The fourth-order valence-corrected chi connectivity index (χ4v) is 2.43. The molecule has 1 aromatic rings. The molecule has 0 saturated carbocycles. The van der Waals surface area contributed by atoms with Gasteiger partial charge in [-0.25, -0.2) is 0 Å². The summed E-state index contributed by atoms with van der Waals surface area (Å²) >= 11 is 0. The molecule has 1 aliphatic heterocycles. The van der Waals surface area contributed by atoms with Gasteiger partial charge in [-0.2, -0.15) is 0 Å². The number of rotatable bonds is 3. The highest BCUT2D eigenvalue weighted by Crippen LogP contribution is 2.16. The Morgan fingerprint density at radius 1 is 1.26 bits per heavy atom. The topological polar surface area (TPSA) is 32.3 Å². The van der Waals surface area contributed by atoms with E-state index in [0.717, 1.165) is 25.9 Å². The van der Waals surface area contributed by atoms with Crippen molar-refractivity contribution in [1.82, 2.24) is 10.2 Å². The minimum absolute atomic E-state index is 0. The maximum atomic E-state index is 12.3. The lowest BCUT2D eigenvalue weighted by molar-refractivity contribution is -0.135. The van der Waals surface area contributed by atoms with Gasteiger partial charge in [0.05, 0.1) is 0 Å². The van der Waals surface area contributed by atoms with Gasteiger partial charge < -0.3 is 10.2 Å². The van der Waals surface area contributed by atoms with Crippen molar-refractivity contribution in [3.63, 3.8) is 0 Å². The third-order valence-corrected chi connectivity index (χ3v) is 3.60. The summed E-state index contributed by atoms with van der Waals surface area (Å²) in [6.45, 7) is 4.72. The quantitative estimate of drug-likeness (QED) is 0.923. The Labute approximate surface area is 121 Å². The maximum absolute atomic E-state index is 12.3. The summed E-state index contributed by atoms with van der Waals surface area (Å²) in [4.78, 5) is 14.1. The Morgan fingerprint density at radius 3 is 2.42 bits per heavy atom. The first kappa shape index (κ1) is 16.0. The average molecular weight is 283 g/mol. The lowest BCUT2D eigenvalue weighted by atomic mass is 9.96. The molecule has 1 aromatic carbocycles. The molecular weight excluding hydrogens is 260 g/mol. The summed E-state index contributed by atoms with van der Waals surface area (Å²) < 4.78 is 0. The van der Waals surface area contributed by atoms with E-state index in [1.807, 2.05) is 11.9 Å². The molecule has 19 heavy (non-hydrogen) atoms. The van der Waals surface area contributed by atoms with Crippen molar-refractivity contribution in [2.75, 3.05) is 20.1 Å². The number of nitrogens with zero attached hydrogens (tertiary/aromatic N) is 1. The monoisotopic (exact) mass is 282 g/mol. The second kappa shape index (κ2) is 7.51. The Hall–Kier alpha value is -1.06. The van der Waals surface area contributed by atoms with Gasteiger partial charge in [0.25, 0.3) is 0 Å². The first-order valence-electron chi connectivity index (χ1n) is 6.68. The number of aryl methyl sites for hydroxylation is 1. The van der Waals surface area contributed by atoms with Crippen molar-refractivity contribution in [2.24, 2.45) is 5.92 Å². The summed E-state index contributed by atoms with van der Waals surface area (Å²) in [5.74, 6) is 0.499. The van der Waals surface area contributed by atoms with E-state index < -0.39 is 0 Å². The van der Waals surface area contributed by atoms with Crippen LogP contribution in [0.25, 0.3) is 0 Å². The molecule has 0 radical (unpaired) electrons. The molecule has 2 rings (SSSR count). The van der Waals surface area contributed by atoms with Crippen molar-refractivity contribution in [1.29, 1.82) is 0 Å². The lowest BCUT2D eigenvalue weighted by Crippen LogP contribution is -2.38. The predicted octanol–water partition coefficient (Wildman–Crippen LogP) is 2.37. The Morgan fingerprint density at radius 2 is 1.84 bits per heavy atom. The molecule has 0 atom stereocenters. The van der Waals surface area contributed by atoms with Crippen molar-refractivity contribution in [3.8, 4) is 0 Å². The van der Waals surface area contributed by atoms with Crippen LogP contribution in [0.15, 0.2) is 24.3 Å². The molecule has 106 valence electrons. The number of piperidine rings is 1. The molecule has 0 aromatic heterocycles. The van der Waals surface area contributed by atoms with E-state index in [1.165, 1.54) is 11.1 Å². The molecular formula is C15H23ClN2O. The summed E-state index contributed by atoms with van der Waals surface area (Å²) in [6.07, 6.45) is 1.94. The first-order valence-corrected chi connectivity index (χ1v) is 6.68. The molecule has 1 aliphatic rings. The minimum atomic E-state index is 0. The average Bonchev–Trinajstić information content (AvgIpc) is 2.41. The van der Waals surface area contributed by atoms with Gasteiger partial charge in [-0.1, -0.05) is 29.8 Å². The third-order valence-electron chi connectivity index (χ3n) is 3.60. The van der Waals surface area contributed by atoms with Crippen LogP contribution in [-0.4, -0.2) is 30.9 Å². The molecule has 4 heteroatoms. The Kier molecular flexibility index (Phi) is 6.32. The number of benzene rings is 1. The van der Waals surface area contributed by atoms with Crippen LogP contribution in [0.3, 0.4) is 0 Å². The zero-order chi connectivity index (χ0) is 13.0. The number of amides is 1. The van der Waals surface area contributed by atoms with Crippen LogP contribution in [0.1, 0.15) is 24.0 Å². The second-order valence-electron chi connectivity index (χ2n) is 5.20. The molecule has 1 saturated heterocycles. The Bertz CT molecular complexity index is 399. The number of hydrogen-bond donors (Lipinski definition) is 1.